The SMILES string of the molecule is COc1cc(CCC(=O)O[C@H](C)C(=O)Nc2ccc(C)cc2)cc(OC)c1. The average Bonchev–Trinajstić information content (AvgIpc) is 2.67. The second-order valence-electron chi connectivity index (χ2n) is 6.21. The molecule has 0 aliphatic heterocycles. The Kier molecular flexibility index (Phi) is 7.23. The number of hydrogen-bond acceptors (Lipinski definition) is 5. The van der Waals surface area contributed by atoms with E-state index in [2.05, 4.69) is 5.32 Å². The number of amides is 1. The second-order valence-corrected chi connectivity index (χ2v) is 6.21. The van der Waals surface area contributed by atoms with Gasteiger partial charge in [-0.3, -0.25) is 9.59 Å². The lowest BCUT2D eigenvalue weighted by molar-refractivity contribution is -0.153. The monoisotopic (exact) mass is 371 g/mol. The largest absolute Gasteiger partial charge is 0.497 e. The molecular weight excluding hydrogens is 346 g/mol. The topological polar surface area (TPSA) is 73.9 Å². The lowest BCUT2D eigenvalue weighted by atomic mass is 10.1. The van der Waals surface area contributed by atoms with Gasteiger partial charge >= 0.3 is 5.97 Å². The average molecular weight is 371 g/mol. The summed E-state index contributed by atoms with van der Waals surface area (Å²) in [5, 5.41) is 2.73. The van der Waals surface area contributed by atoms with E-state index >= 15 is 0 Å². The second kappa shape index (κ2) is 9.62. The lowest BCUT2D eigenvalue weighted by Crippen LogP contribution is -2.30. The predicted octanol–water partition coefficient (Wildman–Crippen LogP) is 3.52. The highest BCUT2D eigenvalue weighted by Crippen LogP contribution is 2.23. The van der Waals surface area contributed by atoms with Gasteiger partial charge in [0, 0.05) is 18.2 Å². The molecule has 0 aromatic heterocycles. The van der Waals surface area contributed by atoms with Crippen LogP contribution >= 0.6 is 0 Å². The van der Waals surface area contributed by atoms with E-state index in [1.165, 1.54) is 0 Å². The Morgan fingerprint density at radius 1 is 1.00 bits per heavy atom. The van der Waals surface area contributed by atoms with Gasteiger partial charge in [-0.25, -0.2) is 0 Å². The van der Waals surface area contributed by atoms with Gasteiger partial charge in [0.05, 0.1) is 14.2 Å². The molecule has 2 rings (SSSR count). The molecule has 144 valence electrons. The number of aryl methyl sites for hydroxylation is 2. The Hall–Kier alpha value is -3.02. The molecule has 1 atom stereocenters. The van der Waals surface area contributed by atoms with E-state index in [1.54, 1.807) is 39.3 Å². The third kappa shape index (κ3) is 6.33. The van der Waals surface area contributed by atoms with Crippen molar-refractivity contribution in [2.75, 3.05) is 19.5 Å². The quantitative estimate of drug-likeness (QED) is 0.719. The molecule has 2 aromatic carbocycles. The van der Waals surface area contributed by atoms with Crippen LogP contribution in [0.5, 0.6) is 11.5 Å². The summed E-state index contributed by atoms with van der Waals surface area (Å²) in [6, 6.07) is 12.8. The van der Waals surface area contributed by atoms with E-state index in [4.69, 9.17) is 14.2 Å². The summed E-state index contributed by atoms with van der Waals surface area (Å²) in [6.45, 7) is 3.52. The van der Waals surface area contributed by atoms with Crippen LogP contribution in [0.3, 0.4) is 0 Å². The Bertz CT molecular complexity index is 763. The molecule has 6 nitrogen and oxygen atoms in total. The van der Waals surface area contributed by atoms with Gasteiger partial charge in [0.2, 0.25) is 0 Å². The fourth-order valence-electron chi connectivity index (χ4n) is 2.45. The molecule has 0 saturated carbocycles. The van der Waals surface area contributed by atoms with Gasteiger partial charge in [-0.2, -0.15) is 0 Å². The highest BCUT2D eigenvalue weighted by Gasteiger charge is 2.18. The van der Waals surface area contributed by atoms with Crippen molar-refractivity contribution >= 4 is 17.6 Å². The standard InChI is InChI=1S/C21H25NO5/c1-14-5-8-17(9-6-14)22-21(24)15(2)27-20(23)10-7-16-11-18(25-3)13-19(12-16)26-4/h5-6,8-9,11-13,15H,7,10H2,1-4H3,(H,22,24)/t15-/m1/s1. The molecule has 0 spiro atoms. The summed E-state index contributed by atoms with van der Waals surface area (Å²) < 4.78 is 15.7. The van der Waals surface area contributed by atoms with Crippen LogP contribution in [-0.4, -0.2) is 32.2 Å². The van der Waals surface area contributed by atoms with Crippen LogP contribution in [0.4, 0.5) is 5.69 Å². The van der Waals surface area contributed by atoms with E-state index in [-0.39, 0.29) is 12.3 Å². The van der Waals surface area contributed by atoms with Crippen molar-refractivity contribution in [2.45, 2.75) is 32.8 Å². The van der Waals surface area contributed by atoms with E-state index in [0.29, 0.717) is 23.6 Å². The number of esters is 1. The normalized spacial score (nSPS) is 11.4. The molecule has 2 aromatic rings. The van der Waals surface area contributed by atoms with Crippen molar-refractivity contribution in [1.82, 2.24) is 0 Å². The smallest absolute Gasteiger partial charge is 0.306 e. The van der Waals surface area contributed by atoms with Crippen LogP contribution in [0.2, 0.25) is 0 Å². The van der Waals surface area contributed by atoms with Gasteiger partial charge in [-0.05, 0) is 50.1 Å². The number of carbonyl (C=O) groups is 2. The van der Waals surface area contributed by atoms with Crippen molar-refractivity contribution in [2.24, 2.45) is 0 Å². The first kappa shape index (κ1) is 20.3. The van der Waals surface area contributed by atoms with Crippen LogP contribution in [0.15, 0.2) is 42.5 Å². The molecule has 0 unspecified atom stereocenters. The molecule has 0 aliphatic carbocycles. The molecule has 0 radical (unpaired) electrons. The fraction of sp³-hybridized carbons (Fsp3) is 0.333. The Morgan fingerprint density at radius 2 is 1.59 bits per heavy atom. The highest BCUT2D eigenvalue weighted by atomic mass is 16.5. The summed E-state index contributed by atoms with van der Waals surface area (Å²) in [4.78, 5) is 24.2. The van der Waals surface area contributed by atoms with Crippen LogP contribution in [0.1, 0.15) is 24.5 Å². The number of hydrogen-bond donors (Lipinski definition) is 1. The van der Waals surface area contributed by atoms with Crippen molar-refractivity contribution in [3.05, 3.63) is 53.6 Å². The molecule has 0 aliphatic rings. The van der Waals surface area contributed by atoms with Gasteiger partial charge < -0.3 is 19.5 Å². The third-order valence-corrected chi connectivity index (χ3v) is 4.03. The van der Waals surface area contributed by atoms with E-state index in [1.807, 2.05) is 31.2 Å². The van der Waals surface area contributed by atoms with Crippen molar-refractivity contribution in [1.29, 1.82) is 0 Å². The maximum atomic E-state index is 12.2. The van der Waals surface area contributed by atoms with E-state index < -0.39 is 12.1 Å². The van der Waals surface area contributed by atoms with Crippen molar-refractivity contribution in [3.63, 3.8) is 0 Å². The first-order valence-electron chi connectivity index (χ1n) is 8.70. The number of methoxy groups -OCH3 is 2. The highest BCUT2D eigenvalue weighted by molar-refractivity contribution is 5.95. The zero-order valence-corrected chi connectivity index (χ0v) is 16.1. The van der Waals surface area contributed by atoms with Crippen LogP contribution < -0.4 is 14.8 Å². The Labute approximate surface area is 159 Å². The summed E-state index contributed by atoms with van der Waals surface area (Å²) in [5.41, 5.74) is 2.65. The minimum Gasteiger partial charge on any atom is -0.497 e. The number of nitrogens with one attached hydrogen (secondary N) is 1. The van der Waals surface area contributed by atoms with E-state index in [9.17, 15) is 9.59 Å². The summed E-state index contributed by atoms with van der Waals surface area (Å²) in [6.07, 6.45) is -0.268. The molecule has 1 amide bonds. The number of rotatable bonds is 8. The molecule has 0 fully saturated rings. The number of carbonyl (C=O) groups excluding carboxylic acids is 2. The summed E-state index contributed by atoms with van der Waals surface area (Å²) >= 11 is 0. The number of ether oxygens (including phenoxy) is 3. The molecule has 27 heavy (non-hydrogen) atoms. The summed E-state index contributed by atoms with van der Waals surface area (Å²) in [7, 11) is 3.14. The lowest BCUT2D eigenvalue weighted by Gasteiger charge is -2.14. The minimum atomic E-state index is -0.876. The summed E-state index contributed by atoms with van der Waals surface area (Å²) in [5.74, 6) is 0.505. The molecule has 0 heterocycles. The molecule has 6 heteroatoms. The molecular formula is C21H25NO5. The predicted molar refractivity (Wildman–Crippen MR) is 103 cm³/mol. The van der Waals surface area contributed by atoms with Gasteiger partial charge in [0.15, 0.2) is 6.10 Å². The zero-order chi connectivity index (χ0) is 19.8. The van der Waals surface area contributed by atoms with Gasteiger partial charge in [0.25, 0.3) is 5.91 Å². The third-order valence-electron chi connectivity index (χ3n) is 4.03. The Balaban J connectivity index is 1.85. The van der Waals surface area contributed by atoms with Gasteiger partial charge in [-0.15, -0.1) is 0 Å². The molecule has 0 bridgehead atoms. The van der Waals surface area contributed by atoms with Crippen molar-refractivity contribution < 1.29 is 23.8 Å². The first-order chi connectivity index (χ1) is 12.9. The van der Waals surface area contributed by atoms with Crippen LogP contribution in [0, 0.1) is 6.92 Å². The zero-order valence-electron chi connectivity index (χ0n) is 16.1. The van der Waals surface area contributed by atoms with Gasteiger partial charge in [0.1, 0.15) is 11.5 Å². The van der Waals surface area contributed by atoms with E-state index in [0.717, 1.165) is 11.1 Å². The number of anilines is 1. The first-order valence-corrected chi connectivity index (χ1v) is 8.70. The maximum Gasteiger partial charge on any atom is 0.306 e. The molecule has 0 saturated heterocycles. The van der Waals surface area contributed by atoms with Crippen LogP contribution in [0.25, 0.3) is 0 Å². The van der Waals surface area contributed by atoms with Crippen molar-refractivity contribution in [3.8, 4) is 11.5 Å². The minimum absolute atomic E-state index is 0.151. The number of benzene rings is 2. The fourth-order valence-corrected chi connectivity index (χ4v) is 2.45. The Morgan fingerprint density at radius 3 is 2.15 bits per heavy atom. The maximum absolute atomic E-state index is 12.2. The van der Waals surface area contributed by atoms with Gasteiger partial charge in [-0.1, -0.05) is 17.7 Å². The van der Waals surface area contributed by atoms with Crippen LogP contribution in [-0.2, 0) is 20.7 Å². The molecule has 1 N–H and O–H groups in total.